The lowest BCUT2D eigenvalue weighted by Gasteiger charge is -2.68. The van der Waals surface area contributed by atoms with E-state index >= 15 is 0 Å². The Morgan fingerprint density at radius 1 is 1.02 bits per heavy atom. The summed E-state index contributed by atoms with van der Waals surface area (Å²) in [5.41, 5.74) is -3.83. The van der Waals surface area contributed by atoms with Crippen molar-refractivity contribution in [2.45, 2.75) is 104 Å². The fourth-order valence-corrected chi connectivity index (χ4v) is 10.4. The van der Waals surface area contributed by atoms with E-state index in [1.807, 2.05) is 0 Å². The average molecular weight is 746 g/mol. The molecule has 3 aliphatic carbocycles. The third kappa shape index (κ3) is 5.66. The van der Waals surface area contributed by atoms with Crippen LogP contribution in [0.3, 0.4) is 0 Å². The van der Waals surface area contributed by atoms with Gasteiger partial charge in [0.05, 0.1) is 18.6 Å². The molecule has 16 nitrogen and oxygen atoms in total. The van der Waals surface area contributed by atoms with E-state index < -0.39 is 131 Å². The molecule has 2 bridgehead atoms. The number of hydrogen-bond acceptors (Lipinski definition) is 15. The predicted octanol–water partition coefficient (Wildman–Crippen LogP) is 0.488. The molecule has 6 rings (SSSR count). The lowest BCUT2D eigenvalue weighted by atomic mass is 9.38. The van der Waals surface area contributed by atoms with Crippen molar-refractivity contribution < 1.29 is 72.6 Å². The number of nitrogens with zero attached hydrogens (tertiary/aromatic N) is 1. The topological polar surface area (TPSA) is 230 Å². The molecule has 0 aromatic rings. The summed E-state index contributed by atoms with van der Waals surface area (Å²) >= 11 is 0. The number of carbonyl (C=O) groups is 7. The van der Waals surface area contributed by atoms with Gasteiger partial charge in [-0.05, 0) is 43.1 Å². The van der Waals surface area contributed by atoms with Crippen molar-refractivity contribution in [1.29, 1.82) is 0 Å². The van der Waals surface area contributed by atoms with Crippen LogP contribution in [-0.2, 0) is 57.2 Å². The Morgan fingerprint density at radius 2 is 1.64 bits per heavy atom. The number of ether oxygens (including phenoxy) is 5. The van der Waals surface area contributed by atoms with Gasteiger partial charge < -0.3 is 39.0 Å². The predicted molar refractivity (Wildman–Crippen MR) is 176 cm³/mol. The van der Waals surface area contributed by atoms with Crippen LogP contribution in [0.15, 0.2) is 23.8 Å². The molecule has 290 valence electrons. The van der Waals surface area contributed by atoms with Crippen molar-refractivity contribution in [3.05, 3.63) is 23.8 Å². The maximum absolute atomic E-state index is 13.8. The van der Waals surface area contributed by atoms with Gasteiger partial charge in [-0.3, -0.25) is 28.8 Å². The highest BCUT2D eigenvalue weighted by Crippen LogP contribution is 2.74. The fraction of sp³-hybridized carbons (Fsp3) is 0.703. The van der Waals surface area contributed by atoms with Crippen molar-refractivity contribution >= 4 is 41.5 Å². The minimum absolute atomic E-state index is 0.0935. The molecule has 1 spiro atoms. The van der Waals surface area contributed by atoms with Crippen molar-refractivity contribution in [3.8, 4) is 0 Å². The van der Waals surface area contributed by atoms with Gasteiger partial charge in [-0.25, -0.2) is 9.69 Å². The number of imide groups is 1. The molecule has 4 unspecified atom stereocenters. The highest BCUT2D eigenvalue weighted by Gasteiger charge is 2.84. The van der Waals surface area contributed by atoms with E-state index in [9.17, 15) is 48.9 Å². The molecule has 11 atom stereocenters. The molecule has 3 aliphatic heterocycles. The van der Waals surface area contributed by atoms with Crippen molar-refractivity contribution in [1.82, 2.24) is 4.90 Å². The van der Waals surface area contributed by atoms with Crippen molar-refractivity contribution in [2.24, 2.45) is 46.3 Å². The third-order valence-corrected chi connectivity index (χ3v) is 13.1. The van der Waals surface area contributed by atoms with E-state index in [-0.39, 0.29) is 24.9 Å². The number of ketones is 1. The highest BCUT2D eigenvalue weighted by molar-refractivity contribution is 6.12. The molecule has 3 heterocycles. The van der Waals surface area contributed by atoms with E-state index in [2.05, 4.69) is 0 Å². The summed E-state index contributed by atoms with van der Waals surface area (Å²) in [4.78, 5) is 91.3. The number of aliphatic hydroxyl groups excluding tert-OH is 1. The number of allylic oxidation sites excluding steroid dienone is 1. The van der Waals surface area contributed by atoms with Gasteiger partial charge in [0.2, 0.25) is 6.10 Å². The summed E-state index contributed by atoms with van der Waals surface area (Å²) in [5, 5.41) is 35.5. The number of hydrogen-bond donors (Lipinski definition) is 3. The van der Waals surface area contributed by atoms with Gasteiger partial charge in [0.25, 0.3) is 11.8 Å². The van der Waals surface area contributed by atoms with Crippen LogP contribution in [0.1, 0.15) is 67.7 Å². The Kier molecular flexibility index (Phi) is 9.57. The van der Waals surface area contributed by atoms with E-state index in [0.29, 0.717) is 10.5 Å². The number of carbonyl (C=O) groups excluding carboxylic acids is 7. The quantitative estimate of drug-likeness (QED) is 0.120. The largest absolute Gasteiger partial charge is 0.459 e. The van der Waals surface area contributed by atoms with Crippen LogP contribution in [-0.4, -0.2) is 111 Å². The lowest BCUT2D eigenvalue weighted by molar-refractivity contribution is -0.340. The van der Waals surface area contributed by atoms with Crippen molar-refractivity contribution in [3.63, 3.8) is 0 Å². The first-order valence-electron chi connectivity index (χ1n) is 17.9. The second-order valence-electron chi connectivity index (χ2n) is 16.3. The number of rotatable bonds is 10. The lowest BCUT2D eigenvalue weighted by Crippen LogP contribution is -2.78. The Balaban J connectivity index is 1.33. The Hall–Kier alpha value is -3.99. The minimum atomic E-state index is -2.35. The molecule has 16 heteroatoms. The number of fused-ring (bicyclic) bond motifs is 1. The van der Waals surface area contributed by atoms with Crippen LogP contribution in [0.4, 0.5) is 0 Å². The molecule has 0 aromatic heterocycles. The molecule has 2 saturated heterocycles. The van der Waals surface area contributed by atoms with Crippen LogP contribution in [0.5, 0.6) is 0 Å². The molecule has 6 aliphatic rings. The van der Waals surface area contributed by atoms with E-state index in [0.717, 1.165) is 12.2 Å². The van der Waals surface area contributed by atoms with Crippen LogP contribution in [0.2, 0.25) is 0 Å². The van der Waals surface area contributed by atoms with Gasteiger partial charge in [-0.1, -0.05) is 47.1 Å². The second-order valence-corrected chi connectivity index (χ2v) is 16.3. The maximum Gasteiger partial charge on any atom is 0.348 e. The molecule has 2 saturated carbocycles. The Labute approximate surface area is 305 Å². The first-order chi connectivity index (χ1) is 24.6. The van der Waals surface area contributed by atoms with Gasteiger partial charge >= 0.3 is 23.9 Å². The third-order valence-electron chi connectivity index (χ3n) is 13.1. The summed E-state index contributed by atoms with van der Waals surface area (Å²) in [7, 11) is 0. The molecule has 4 fully saturated rings. The summed E-state index contributed by atoms with van der Waals surface area (Å²) in [6, 6.07) is 0. The summed E-state index contributed by atoms with van der Waals surface area (Å²) < 4.78 is 28.7. The molecule has 3 N–H and O–H groups in total. The average Bonchev–Trinajstić information content (AvgIpc) is 3.55. The first-order valence-corrected chi connectivity index (χ1v) is 17.9. The number of aliphatic hydroxyl groups is 3. The molecular formula is C37H47NO15. The van der Waals surface area contributed by atoms with E-state index in [1.54, 1.807) is 48.5 Å². The van der Waals surface area contributed by atoms with Crippen LogP contribution >= 0.6 is 0 Å². The minimum Gasteiger partial charge on any atom is -0.459 e. The summed E-state index contributed by atoms with van der Waals surface area (Å²) in [6.07, 6.45) is -3.91. The number of amides is 2. The first kappa shape index (κ1) is 38.7. The molecule has 0 radical (unpaired) electrons. The molecular weight excluding hydrogens is 698 g/mol. The van der Waals surface area contributed by atoms with Gasteiger partial charge in [0.1, 0.15) is 18.6 Å². The van der Waals surface area contributed by atoms with Gasteiger partial charge in [-0.15, -0.1) is 0 Å². The van der Waals surface area contributed by atoms with Gasteiger partial charge in [0.15, 0.2) is 24.4 Å². The zero-order chi connectivity index (χ0) is 39.2. The highest BCUT2D eigenvalue weighted by atomic mass is 16.7. The normalized spacial score (nSPS) is 38.7. The maximum atomic E-state index is 13.8. The van der Waals surface area contributed by atoms with E-state index in [4.69, 9.17) is 23.7 Å². The summed E-state index contributed by atoms with van der Waals surface area (Å²) in [5.74, 6) is -13.0. The monoisotopic (exact) mass is 745 g/mol. The van der Waals surface area contributed by atoms with Gasteiger partial charge in [-0.2, -0.15) is 0 Å². The zero-order valence-corrected chi connectivity index (χ0v) is 30.7. The van der Waals surface area contributed by atoms with Crippen LogP contribution < -0.4 is 0 Å². The van der Waals surface area contributed by atoms with Crippen LogP contribution in [0.25, 0.3) is 0 Å². The van der Waals surface area contributed by atoms with Crippen molar-refractivity contribution in [2.75, 3.05) is 13.3 Å². The Bertz CT molecular complexity index is 1670. The molecule has 53 heavy (non-hydrogen) atoms. The molecule has 2 amide bonds. The SMILES string of the molecule is CC1=CC(=O)[C@@H](OC(=O)CC(=O)OCN2C(=O)C=CC2=O)[C@]2(C)C3[C@]45CO[C@]3(O)[C@H](O)[C@H](C)C4C(OC(=O)CC(O)(C(C)C)C(C)C)C(=O)OC5C[C@@H]12. The smallest absolute Gasteiger partial charge is 0.348 e. The standard InChI is InChI=1S/C37H47NO15/c1-16(2)36(47,17(3)4)13-27(44)52-29-28-19(6)30(45)37(48)33-34(7)20(11-22(51-32(29)46)35(28,33)14-50-37)18(5)10-21(39)31(34)53-26(43)12-25(42)49-15-38-23(40)8-9-24(38)41/h8-10,16-17,19-20,22,28-31,33,45,47-48H,11-15H2,1-7H3/t19-,20+,22?,28?,29?,30-,31-,33?,34-,35+,37-/m1/s1. The van der Waals surface area contributed by atoms with Gasteiger partial charge in [0, 0.05) is 34.8 Å². The Morgan fingerprint density at radius 3 is 2.25 bits per heavy atom. The summed E-state index contributed by atoms with van der Waals surface area (Å²) in [6.45, 7) is 10.9. The number of esters is 4. The zero-order valence-electron chi connectivity index (χ0n) is 30.7. The molecule has 0 aromatic carbocycles. The fourth-order valence-electron chi connectivity index (χ4n) is 10.4. The van der Waals surface area contributed by atoms with Crippen LogP contribution in [0, 0.1) is 46.3 Å². The van der Waals surface area contributed by atoms with E-state index in [1.165, 1.54) is 6.08 Å². The second kappa shape index (κ2) is 13.1.